The molecule has 106 valence electrons. The normalized spacial score (nSPS) is 19.9. The Bertz CT molecular complexity index is 416. The van der Waals surface area contributed by atoms with Crippen LogP contribution < -0.4 is 10.6 Å². The van der Waals surface area contributed by atoms with Crippen LogP contribution in [0.2, 0.25) is 0 Å². The van der Waals surface area contributed by atoms with Gasteiger partial charge in [-0.2, -0.15) is 0 Å². The van der Waals surface area contributed by atoms with Gasteiger partial charge in [0, 0.05) is 31.9 Å². The summed E-state index contributed by atoms with van der Waals surface area (Å²) in [4.78, 5) is 4.97. The van der Waals surface area contributed by atoms with Crippen molar-refractivity contribution < 1.29 is 0 Å². The van der Waals surface area contributed by atoms with Crippen molar-refractivity contribution in [2.75, 3.05) is 31.6 Å². The first-order chi connectivity index (χ1) is 9.15. The molecule has 2 N–H and O–H groups in total. The number of nitrogens with zero attached hydrogens (tertiary/aromatic N) is 2. The van der Waals surface area contributed by atoms with Crippen LogP contribution in [0.3, 0.4) is 0 Å². The second-order valence-corrected chi connectivity index (χ2v) is 5.64. The van der Waals surface area contributed by atoms with E-state index in [1.54, 1.807) is 0 Å². The Balaban J connectivity index is 2.11. The molecule has 1 aromatic carbocycles. The molecule has 1 heterocycles. The summed E-state index contributed by atoms with van der Waals surface area (Å²) >= 11 is 0. The predicted molar refractivity (Wildman–Crippen MR) is 82.6 cm³/mol. The molecular formula is C16H27N3. The lowest BCUT2D eigenvalue weighted by molar-refractivity contribution is 0.270. The van der Waals surface area contributed by atoms with Crippen molar-refractivity contribution in [2.45, 2.75) is 39.3 Å². The Morgan fingerprint density at radius 2 is 2.21 bits per heavy atom. The fraction of sp³-hybridized carbons (Fsp3) is 0.625. The number of nitrogens with two attached hydrogens (primary N) is 1. The zero-order chi connectivity index (χ0) is 13.8. The molecule has 0 amide bonds. The summed E-state index contributed by atoms with van der Waals surface area (Å²) in [5, 5.41) is 0. The smallest absolute Gasteiger partial charge is 0.0412 e. The highest BCUT2D eigenvalue weighted by Gasteiger charge is 2.24. The number of hydrogen-bond donors (Lipinski definition) is 1. The molecule has 3 heteroatoms. The number of anilines is 1. The van der Waals surface area contributed by atoms with Crippen LogP contribution in [0.5, 0.6) is 0 Å². The Kier molecular flexibility index (Phi) is 4.83. The first-order valence-corrected chi connectivity index (χ1v) is 7.40. The van der Waals surface area contributed by atoms with Crippen LogP contribution >= 0.6 is 0 Å². The first kappa shape index (κ1) is 14.4. The minimum absolute atomic E-state index is 0.613. The van der Waals surface area contributed by atoms with Gasteiger partial charge in [-0.3, -0.25) is 4.90 Å². The van der Waals surface area contributed by atoms with Crippen molar-refractivity contribution in [3.63, 3.8) is 0 Å². The van der Waals surface area contributed by atoms with Gasteiger partial charge in [0.15, 0.2) is 0 Å². The second kappa shape index (κ2) is 6.40. The molecule has 0 aliphatic carbocycles. The topological polar surface area (TPSA) is 32.5 Å². The maximum absolute atomic E-state index is 5.86. The van der Waals surface area contributed by atoms with Gasteiger partial charge in [0.05, 0.1) is 0 Å². The van der Waals surface area contributed by atoms with E-state index in [2.05, 4.69) is 48.9 Å². The largest absolute Gasteiger partial charge is 0.373 e. The molecule has 1 fully saturated rings. The van der Waals surface area contributed by atoms with Crippen LogP contribution in [0.25, 0.3) is 0 Å². The SMILES string of the molecule is CCN1CCCC1CN(C)c1cc(C)ccc1CN. The average Bonchev–Trinajstić information content (AvgIpc) is 2.85. The van der Waals surface area contributed by atoms with E-state index >= 15 is 0 Å². The summed E-state index contributed by atoms with van der Waals surface area (Å²) < 4.78 is 0. The molecule has 0 spiro atoms. The van der Waals surface area contributed by atoms with E-state index in [0.717, 1.165) is 13.1 Å². The maximum Gasteiger partial charge on any atom is 0.0412 e. The zero-order valence-electron chi connectivity index (χ0n) is 12.5. The second-order valence-electron chi connectivity index (χ2n) is 5.64. The summed E-state index contributed by atoms with van der Waals surface area (Å²) in [5.74, 6) is 0. The third-order valence-electron chi connectivity index (χ3n) is 4.26. The van der Waals surface area contributed by atoms with Crippen molar-refractivity contribution in [3.05, 3.63) is 29.3 Å². The van der Waals surface area contributed by atoms with Crippen LogP contribution in [0, 0.1) is 6.92 Å². The molecule has 0 aromatic heterocycles. The predicted octanol–water partition coefficient (Wildman–Crippen LogP) is 2.37. The number of aryl methyl sites for hydroxylation is 1. The fourth-order valence-electron chi connectivity index (χ4n) is 3.13. The van der Waals surface area contributed by atoms with E-state index in [-0.39, 0.29) is 0 Å². The molecule has 0 bridgehead atoms. The van der Waals surface area contributed by atoms with Gasteiger partial charge >= 0.3 is 0 Å². The van der Waals surface area contributed by atoms with Gasteiger partial charge in [0.25, 0.3) is 0 Å². The van der Waals surface area contributed by atoms with Gasteiger partial charge in [-0.15, -0.1) is 0 Å². The van der Waals surface area contributed by atoms with Gasteiger partial charge < -0.3 is 10.6 Å². The van der Waals surface area contributed by atoms with Gasteiger partial charge in [-0.1, -0.05) is 19.1 Å². The Labute approximate surface area is 117 Å². The minimum Gasteiger partial charge on any atom is -0.373 e. The maximum atomic E-state index is 5.86. The van der Waals surface area contributed by atoms with Crippen LogP contribution in [0.15, 0.2) is 18.2 Å². The Morgan fingerprint density at radius 3 is 2.89 bits per heavy atom. The van der Waals surface area contributed by atoms with Crippen LogP contribution in [0.1, 0.15) is 30.9 Å². The summed E-state index contributed by atoms with van der Waals surface area (Å²) in [6.45, 7) is 8.54. The molecule has 2 rings (SSSR count). The monoisotopic (exact) mass is 261 g/mol. The van der Waals surface area contributed by atoms with Crippen molar-refractivity contribution in [2.24, 2.45) is 5.73 Å². The highest BCUT2D eigenvalue weighted by molar-refractivity contribution is 5.55. The van der Waals surface area contributed by atoms with Crippen molar-refractivity contribution in [3.8, 4) is 0 Å². The lowest BCUT2D eigenvalue weighted by Crippen LogP contribution is -2.39. The lowest BCUT2D eigenvalue weighted by Gasteiger charge is -2.30. The molecule has 19 heavy (non-hydrogen) atoms. The average molecular weight is 261 g/mol. The number of likely N-dealkylation sites (N-methyl/N-ethyl adjacent to an activating group) is 2. The van der Waals surface area contributed by atoms with Crippen LogP contribution in [-0.4, -0.2) is 37.6 Å². The molecule has 0 saturated carbocycles. The quantitative estimate of drug-likeness (QED) is 0.883. The zero-order valence-corrected chi connectivity index (χ0v) is 12.5. The first-order valence-electron chi connectivity index (χ1n) is 7.40. The third-order valence-corrected chi connectivity index (χ3v) is 4.26. The number of likely N-dealkylation sites (tertiary alicyclic amines) is 1. The van der Waals surface area contributed by atoms with Crippen molar-refractivity contribution in [1.82, 2.24) is 4.90 Å². The standard InChI is InChI=1S/C16H27N3/c1-4-19-9-5-6-15(19)12-18(3)16-10-13(2)7-8-14(16)11-17/h7-8,10,15H,4-6,9,11-12,17H2,1-3H3. The van der Waals surface area contributed by atoms with Crippen LogP contribution in [0.4, 0.5) is 5.69 Å². The van der Waals surface area contributed by atoms with Gasteiger partial charge in [0.2, 0.25) is 0 Å². The number of benzene rings is 1. The van der Waals surface area contributed by atoms with Gasteiger partial charge in [0.1, 0.15) is 0 Å². The Hall–Kier alpha value is -1.06. The number of rotatable bonds is 5. The van der Waals surface area contributed by atoms with E-state index in [0.29, 0.717) is 12.6 Å². The summed E-state index contributed by atoms with van der Waals surface area (Å²) in [5.41, 5.74) is 9.71. The van der Waals surface area contributed by atoms with E-state index in [1.165, 1.54) is 36.2 Å². The minimum atomic E-state index is 0.613. The molecule has 1 unspecified atom stereocenters. The van der Waals surface area contributed by atoms with E-state index in [9.17, 15) is 0 Å². The molecule has 1 atom stereocenters. The van der Waals surface area contributed by atoms with E-state index < -0.39 is 0 Å². The molecule has 1 saturated heterocycles. The van der Waals surface area contributed by atoms with Crippen molar-refractivity contribution >= 4 is 5.69 Å². The highest BCUT2D eigenvalue weighted by atomic mass is 15.2. The summed E-state index contributed by atoms with van der Waals surface area (Å²) in [6.07, 6.45) is 2.66. The molecule has 1 aromatic rings. The molecule has 3 nitrogen and oxygen atoms in total. The van der Waals surface area contributed by atoms with Crippen LogP contribution in [-0.2, 0) is 6.54 Å². The lowest BCUT2D eigenvalue weighted by atomic mass is 10.1. The molecule has 0 radical (unpaired) electrons. The molecule has 1 aliphatic heterocycles. The van der Waals surface area contributed by atoms with Gasteiger partial charge in [-0.25, -0.2) is 0 Å². The summed E-state index contributed by atoms with van der Waals surface area (Å²) in [7, 11) is 2.19. The highest BCUT2D eigenvalue weighted by Crippen LogP contribution is 2.24. The Morgan fingerprint density at radius 1 is 1.42 bits per heavy atom. The molecular weight excluding hydrogens is 234 g/mol. The van der Waals surface area contributed by atoms with Gasteiger partial charge in [-0.05, 0) is 50.0 Å². The summed E-state index contributed by atoms with van der Waals surface area (Å²) in [6, 6.07) is 7.26. The number of hydrogen-bond acceptors (Lipinski definition) is 3. The van der Waals surface area contributed by atoms with E-state index in [1.807, 2.05) is 0 Å². The fourth-order valence-corrected chi connectivity index (χ4v) is 3.13. The third kappa shape index (κ3) is 3.28. The van der Waals surface area contributed by atoms with Crippen molar-refractivity contribution in [1.29, 1.82) is 0 Å². The molecule has 1 aliphatic rings. The van der Waals surface area contributed by atoms with E-state index in [4.69, 9.17) is 5.73 Å².